The van der Waals surface area contributed by atoms with Gasteiger partial charge in [0.05, 0.1) is 6.54 Å². The summed E-state index contributed by atoms with van der Waals surface area (Å²) in [6.07, 6.45) is 0.579. The molecule has 8 heteroatoms. The van der Waals surface area contributed by atoms with Crippen molar-refractivity contribution in [3.05, 3.63) is 66.0 Å². The lowest BCUT2D eigenvalue weighted by atomic mass is 10.2. The predicted octanol–water partition coefficient (Wildman–Crippen LogP) is 2.87. The monoisotopic (exact) mass is 378 g/mol. The maximum absolute atomic E-state index is 14.1. The highest BCUT2D eigenvalue weighted by molar-refractivity contribution is 5.84. The van der Waals surface area contributed by atoms with E-state index in [0.717, 1.165) is 5.56 Å². The van der Waals surface area contributed by atoms with E-state index in [9.17, 15) is 4.39 Å². The second kappa shape index (κ2) is 8.10. The van der Waals surface area contributed by atoms with Gasteiger partial charge in [0.25, 0.3) is 0 Å². The van der Waals surface area contributed by atoms with Gasteiger partial charge in [0.1, 0.15) is 5.82 Å². The van der Waals surface area contributed by atoms with E-state index in [0.29, 0.717) is 41.3 Å². The normalized spacial score (nSPS) is 11.1. The summed E-state index contributed by atoms with van der Waals surface area (Å²) in [5.41, 5.74) is 2.38. The second-order valence-electron chi connectivity index (χ2n) is 6.28. The van der Waals surface area contributed by atoms with Gasteiger partial charge >= 0.3 is 0 Å². The van der Waals surface area contributed by atoms with Crippen molar-refractivity contribution in [2.45, 2.75) is 13.0 Å². The lowest BCUT2D eigenvalue weighted by Crippen LogP contribution is -2.08. The van der Waals surface area contributed by atoms with Gasteiger partial charge < -0.3 is 10.4 Å². The van der Waals surface area contributed by atoms with Crippen LogP contribution < -0.4 is 5.32 Å². The predicted molar refractivity (Wildman–Crippen MR) is 104 cm³/mol. The van der Waals surface area contributed by atoms with E-state index in [1.165, 1.54) is 6.07 Å². The molecule has 0 saturated heterocycles. The Labute approximate surface area is 160 Å². The SMILES string of the molecule is OCCCNc1nc(-c2ccccc2)nc2c1nnn2Cc1ccccc1F. The lowest BCUT2D eigenvalue weighted by Gasteiger charge is -2.09. The fraction of sp³-hybridized carbons (Fsp3) is 0.200. The van der Waals surface area contributed by atoms with Gasteiger partial charge in [-0.3, -0.25) is 0 Å². The summed E-state index contributed by atoms with van der Waals surface area (Å²) in [5.74, 6) is 0.763. The van der Waals surface area contributed by atoms with Crippen LogP contribution in [0.5, 0.6) is 0 Å². The Morgan fingerprint density at radius 2 is 1.79 bits per heavy atom. The Morgan fingerprint density at radius 1 is 1.00 bits per heavy atom. The smallest absolute Gasteiger partial charge is 0.184 e. The van der Waals surface area contributed by atoms with Gasteiger partial charge in [0, 0.05) is 24.3 Å². The molecule has 0 aliphatic heterocycles. The number of hydrogen-bond donors (Lipinski definition) is 2. The number of aliphatic hydroxyl groups is 1. The third kappa shape index (κ3) is 3.67. The molecule has 142 valence electrons. The van der Waals surface area contributed by atoms with Crippen LogP contribution in [0.1, 0.15) is 12.0 Å². The third-order valence-electron chi connectivity index (χ3n) is 4.30. The van der Waals surface area contributed by atoms with Crippen LogP contribution in [-0.2, 0) is 6.54 Å². The number of rotatable bonds is 7. The standard InChI is InChI=1S/C20H19FN6O/c21-16-10-5-4-9-15(16)13-27-20-17(25-26-27)19(22-11-6-12-28)23-18(24-20)14-7-2-1-3-8-14/h1-5,7-10,28H,6,11-13H2,(H,22,23,24). The van der Waals surface area contributed by atoms with Gasteiger partial charge in [-0.05, 0) is 12.5 Å². The molecule has 0 atom stereocenters. The van der Waals surface area contributed by atoms with Crippen molar-refractivity contribution in [3.8, 4) is 11.4 Å². The summed E-state index contributed by atoms with van der Waals surface area (Å²) >= 11 is 0. The molecule has 2 aromatic heterocycles. The van der Waals surface area contributed by atoms with E-state index >= 15 is 0 Å². The summed E-state index contributed by atoms with van der Waals surface area (Å²) in [7, 11) is 0. The molecule has 0 bridgehead atoms. The second-order valence-corrected chi connectivity index (χ2v) is 6.28. The maximum Gasteiger partial charge on any atom is 0.184 e. The van der Waals surface area contributed by atoms with Crippen molar-refractivity contribution < 1.29 is 9.50 Å². The minimum absolute atomic E-state index is 0.0761. The molecule has 4 rings (SSSR count). The van der Waals surface area contributed by atoms with Crippen LogP contribution in [-0.4, -0.2) is 43.2 Å². The number of nitrogens with one attached hydrogen (secondary N) is 1. The number of aliphatic hydroxyl groups excluding tert-OH is 1. The summed E-state index contributed by atoms with van der Waals surface area (Å²) < 4.78 is 15.6. The number of nitrogens with zero attached hydrogens (tertiary/aromatic N) is 5. The molecule has 7 nitrogen and oxygen atoms in total. The topological polar surface area (TPSA) is 88.8 Å². The number of anilines is 1. The zero-order valence-electron chi connectivity index (χ0n) is 15.1. The molecule has 0 unspecified atom stereocenters. The van der Waals surface area contributed by atoms with Crippen LogP contribution in [0.25, 0.3) is 22.6 Å². The van der Waals surface area contributed by atoms with Crippen molar-refractivity contribution in [1.29, 1.82) is 0 Å². The molecule has 0 fully saturated rings. The zero-order valence-corrected chi connectivity index (χ0v) is 15.1. The minimum atomic E-state index is -0.301. The summed E-state index contributed by atoms with van der Waals surface area (Å²) in [4.78, 5) is 9.22. The van der Waals surface area contributed by atoms with E-state index in [1.54, 1.807) is 22.9 Å². The van der Waals surface area contributed by atoms with Crippen LogP contribution >= 0.6 is 0 Å². The minimum Gasteiger partial charge on any atom is -0.396 e. The Morgan fingerprint density at radius 3 is 2.57 bits per heavy atom. The third-order valence-corrected chi connectivity index (χ3v) is 4.30. The Kier molecular flexibility index (Phi) is 5.20. The first-order chi connectivity index (χ1) is 13.8. The molecule has 0 spiro atoms. The quantitative estimate of drug-likeness (QED) is 0.481. The molecule has 2 aromatic carbocycles. The summed E-state index contributed by atoms with van der Waals surface area (Å²) in [6, 6.07) is 16.2. The molecule has 28 heavy (non-hydrogen) atoms. The van der Waals surface area contributed by atoms with Gasteiger partial charge in [-0.2, -0.15) is 0 Å². The van der Waals surface area contributed by atoms with Gasteiger partial charge in [-0.15, -0.1) is 5.10 Å². The van der Waals surface area contributed by atoms with Gasteiger partial charge in [-0.1, -0.05) is 53.7 Å². The summed E-state index contributed by atoms with van der Waals surface area (Å²) in [5, 5.41) is 20.6. The van der Waals surface area contributed by atoms with Crippen LogP contribution in [0.15, 0.2) is 54.6 Å². The number of benzene rings is 2. The Hall–Kier alpha value is -3.39. The van der Waals surface area contributed by atoms with Crippen LogP contribution in [0, 0.1) is 5.82 Å². The van der Waals surface area contributed by atoms with E-state index in [2.05, 4.69) is 25.6 Å². The number of aromatic nitrogens is 5. The Balaban J connectivity index is 1.79. The average molecular weight is 378 g/mol. The average Bonchev–Trinajstić information content (AvgIpc) is 3.13. The lowest BCUT2D eigenvalue weighted by molar-refractivity contribution is 0.292. The summed E-state index contributed by atoms with van der Waals surface area (Å²) in [6.45, 7) is 0.828. The number of halogens is 1. The van der Waals surface area contributed by atoms with Crippen LogP contribution in [0.2, 0.25) is 0 Å². The van der Waals surface area contributed by atoms with Crippen molar-refractivity contribution in [2.24, 2.45) is 0 Å². The van der Waals surface area contributed by atoms with Gasteiger partial charge in [0.15, 0.2) is 22.8 Å². The maximum atomic E-state index is 14.1. The molecule has 0 amide bonds. The van der Waals surface area contributed by atoms with E-state index in [1.807, 2.05) is 30.3 Å². The molecule has 2 N–H and O–H groups in total. The van der Waals surface area contributed by atoms with Crippen LogP contribution in [0.3, 0.4) is 0 Å². The van der Waals surface area contributed by atoms with Crippen molar-refractivity contribution in [3.63, 3.8) is 0 Å². The largest absolute Gasteiger partial charge is 0.396 e. The molecule has 4 aromatic rings. The van der Waals surface area contributed by atoms with Crippen molar-refractivity contribution in [1.82, 2.24) is 25.0 Å². The van der Waals surface area contributed by atoms with Crippen LogP contribution in [0.4, 0.5) is 10.2 Å². The Bertz CT molecular complexity index is 1080. The molecule has 0 aliphatic carbocycles. The first-order valence-corrected chi connectivity index (χ1v) is 9.01. The molecule has 0 saturated carbocycles. The van der Waals surface area contributed by atoms with E-state index in [4.69, 9.17) is 5.11 Å². The molecular formula is C20H19FN6O. The first kappa shape index (κ1) is 18.0. The molecule has 0 radical (unpaired) electrons. The van der Waals surface area contributed by atoms with Gasteiger partial charge in [0.2, 0.25) is 0 Å². The van der Waals surface area contributed by atoms with E-state index < -0.39 is 0 Å². The molecular weight excluding hydrogens is 359 g/mol. The highest BCUT2D eigenvalue weighted by atomic mass is 19.1. The molecule has 0 aliphatic rings. The molecule has 2 heterocycles. The zero-order chi connectivity index (χ0) is 19.3. The highest BCUT2D eigenvalue weighted by Crippen LogP contribution is 2.24. The fourth-order valence-corrected chi connectivity index (χ4v) is 2.88. The number of hydrogen-bond acceptors (Lipinski definition) is 6. The highest BCUT2D eigenvalue weighted by Gasteiger charge is 2.16. The van der Waals surface area contributed by atoms with Gasteiger partial charge in [-0.25, -0.2) is 19.0 Å². The van der Waals surface area contributed by atoms with Crippen molar-refractivity contribution >= 4 is 17.0 Å². The fourth-order valence-electron chi connectivity index (χ4n) is 2.88. The van der Waals surface area contributed by atoms with Crippen molar-refractivity contribution in [2.75, 3.05) is 18.5 Å². The van der Waals surface area contributed by atoms with E-state index in [-0.39, 0.29) is 19.0 Å². The first-order valence-electron chi connectivity index (χ1n) is 9.01. The number of fused-ring (bicyclic) bond motifs is 1.